The van der Waals surface area contributed by atoms with Gasteiger partial charge < -0.3 is 19.5 Å². The minimum atomic E-state index is -0.569. The lowest BCUT2D eigenvalue weighted by Crippen LogP contribution is -2.24. The highest BCUT2D eigenvalue weighted by Crippen LogP contribution is 2.24. The number of nitrogens with one attached hydrogen (secondary N) is 1. The zero-order valence-electron chi connectivity index (χ0n) is 16.3. The monoisotopic (exact) mass is 403 g/mol. The number of ether oxygens (including phenoxy) is 1. The Bertz CT molecular complexity index is 1060. The first-order valence-electron chi connectivity index (χ1n) is 9.71. The number of hydrogen-bond donors (Lipinski definition) is 1. The van der Waals surface area contributed by atoms with Gasteiger partial charge in [-0.3, -0.25) is 9.59 Å². The molecule has 0 spiro atoms. The van der Waals surface area contributed by atoms with Gasteiger partial charge in [0.2, 0.25) is 5.91 Å². The van der Waals surface area contributed by atoms with E-state index >= 15 is 0 Å². The molecule has 30 heavy (non-hydrogen) atoms. The molecule has 0 radical (unpaired) electrons. The van der Waals surface area contributed by atoms with Crippen molar-refractivity contribution >= 4 is 29.2 Å². The third kappa shape index (κ3) is 4.41. The molecule has 1 aliphatic heterocycles. The molecular weight excluding hydrogens is 382 g/mol. The zero-order chi connectivity index (χ0) is 20.9. The van der Waals surface area contributed by atoms with Gasteiger partial charge in [-0.25, -0.2) is 4.79 Å². The highest BCUT2D eigenvalue weighted by Gasteiger charge is 2.21. The molecule has 2 amide bonds. The SMILES string of the molecule is O=C(COC(=O)c1ccc(-n2cccc2)cc1)Nc1cccc(N2CCCC2=O)c1. The van der Waals surface area contributed by atoms with Gasteiger partial charge in [-0.1, -0.05) is 6.07 Å². The van der Waals surface area contributed by atoms with E-state index in [1.165, 1.54) is 0 Å². The van der Waals surface area contributed by atoms with Crippen molar-refractivity contribution in [2.45, 2.75) is 12.8 Å². The van der Waals surface area contributed by atoms with Crippen LogP contribution in [-0.2, 0) is 14.3 Å². The van der Waals surface area contributed by atoms with Gasteiger partial charge in [0, 0.05) is 42.4 Å². The topological polar surface area (TPSA) is 80.6 Å². The number of carbonyl (C=O) groups is 3. The fraction of sp³-hybridized carbons (Fsp3) is 0.174. The van der Waals surface area contributed by atoms with E-state index in [2.05, 4.69) is 5.32 Å². The molecular formula is C23H21N3O4. The summed E-state index contributed by atoms with van der Waals surface area (Å²) in [5.41, 5.74) is 2.58. The number of anilines is 2. The minimum absolute atomic E-state index is 0.0789. The molecule has 0 atom stereocenters. The normalized spacial score (nSPS) is 13.3. The Kier molecular flexibility index (Phi) is 5.61. The van der Waals surface area contributed by atoms with Gasteiger partial charge in [0.05, 0.1) is 5.56 Å². The van der Waals surface area contributed by atoms with Crippen molar-refractivity contribution in [2.75, 3.05) is 23.4 Å². The number of esters is 1. The number of rotatable bonds is 6. The molecule has 2 heterocycles. The second kappa shape index (κ2) is 8.65. The second-order valence-corrected chi connectivity index (χ2v) is 6.96. The molecule has 0 saturated carbocycles. The van der Waals surface area contributed by atoms with Gasteiger partial charge in [0.1, 0.15) is 0 Å². The van der Waals surface area contributed by atoms with E-state index in [1.807, 2.05) is 47.3 Å². The molecule has 4 rings (SSSR count). The third-order valence-electron chi connectivity index (χ3n) is 4.85. The lowest BCUT2D eigenvalue weighted by Gasteiger charge is -2.16. The van der Waals surface area contributed by atoms with E-state index in [0.29, 0.717) is 24.2 Å². The Hall–Kier alpha value is -3.87. The molecule has 1 saturated heterocycles. The number of amides is 2. The second-order valence-electron chi connectivity index (χ2n) is 6.96. The molecule has 7 heteroatoms. The molecule has 0 aliphatic carbocycles. The van der Waals surface area contributed by atoms with Crippen LogP contribution in [0, 0.1) is 0 Å². The van der Waals surface area contributed by atoms with E-state index in [1.54, 1.807) is 35.2 Å². The molecule has 0 unspecified atom stereocenters. The van der Waals surface area contributed by atoms with Crippen LogP contribution < -0.4 is 10.2 Å². The first-order valence-corrected chi connectivity index (χ1v) is 9.71. The summed E-state index contributed by atoms with van der Waals surface area (Å²) in [5, 5.41) is 2.70. The Morgan fingerprint density at radius 2 is 1.73 bits per heavy atom. The summed E-state index contributed by atoms with van der Waals surface area (Å²) < 4.78 is 7.04. The van der Waals surface area contributed by atoms with E-state index in [0.717, 1.165) is 17.8 Å². The largest absolute Gasteiger partial charge is 0.452 e. The Morgan fingerprint density at radius 3 is 2.43 bits per heavy atom. The molecule has 1 aliphatic rings. The van der Waals surface area contributed by atoms with Crippen molar-refractivity contribution in [1.82, 2.24) is 4.57 Å². The van der Waals surface area contributed by atoms with Crippen molar-refractivity contribution in [2.24, 2.45) is 0 Å². The Labute approximate surface area is 173 Å². The lowest BCUT2D eigenvalue weighted by atomic mass is 10.2. The summed E-state index contributed by atoms with van der Waals surface area (Å²) in [6.45, 7) is 0.280. The maximum atomic E-state index is 12.2. The average molecular weight is 403 g/mol. The Morgan fingerprint density at radius 1 is 0.967 bits per heavy atom. The molecule has 152 valence electrons. The van der Waals surface area contributed by atoms with Gasteiger partial charge >= 0.3 is 5.97 Å². The molecule has 1 fully saturated rings. The molecule has 7 nitrogen and oxygen atoms in total. The van der Waals surface area contributed by atoms with E-state index in [4.69, 9.17) is 4.74 Å². The summed E-state index contributed by atoms with van der Waals surface area (Å²) in [6.07, 6.45) is 5.19. The van der Waals surface area contributed by atoms with Gasteiger partial charge in [0.15, 0.2) is 6.61 Å². The van der Waals surface area contributed by atoms with Crippen molar-refractivity contribution < 1.29 is 19.1 Å². The standard InChI is InChI=1S/C23H21N3O4/c27-21(24-18-5-3-6-20(15-18)26-14-4-7-22(26)28)16-30-23(29)17-8-10-19(11-9-17)25-12-1-2-13-25/h1-3,5-6,8-13,15H,4,7,14,16H2,(H,24,27). The molecule has 1 N–H and O–H groups in total. The first kappa shape index (κ1) is 19.4. The number of carbonyl (C=O) groups excluding carboxylic acids is 3. The summed E-state index contributed by atoms with van der Waals surface area (Å²) in [7, 11) is 0. The summed E-state index contributed by atoms with van der Waals surface area (Å²) in [6, 6.07) is 17.8. The van der Waals surface area contributed by atoms with Gasteiger partial charge in [-0.15, -0.1) is 0 Å². The number of benzene rings is 2. The predicted molar refractivity (Wildman–Crippen MR) is 113 cm³/mol. The lowest BCUT2D eigenvalue weighted by molar-refractivity contribution is -0.119. The van der Waals surface area contributed by atoms with Gasteiger partial charge in [0.25, 0.3) is 5.91 Å². The maximum Gasteiger partial charge on any atom is 0.338 e. The van der Waals surface area contributed by atoms with Crippen LogP contribution in [0.25, 0.3) is 5.69 Å². The summed E-state index contributed by atoms with van der Waals surface area (Å²) in [4.78, 5) is 38.0. The molecule has 1 aromatic heterocycles. The van der Waals surface area contributed by atoms with Crippen LogP contribution >= 0.6 is 0 Å². The third-order valence-corrected chi connectivity index (χ3v) is 4.85. The van der Waals surface area contributed by atoms with Crippen molar-refractivity contribution in [1.29, 1.82) is 0 Å². The van der Waals surface area contributed by atoms with E-state index in [9.17, 15) is 14.4 Å². The highest BCUT2D eigenvalue weighted by atomic mass is 16.5. The van der Waals surface area contributed by atoms with Crippen LogP contribution in [0.2, 0.25) is 0 Å². The number of aromatic nitrogens is 1. The van der Waals surface area contributed by atoms with Crippen LogP contribution in [0.15, 0.2) is 73.1 Å². The molecule has 0 bridgehead atoms. The highest BCUT2D eigenvalue weighted by molar-refractivity contribution is 5.98. The number of nitrogens with zero attached hydrogens (tertiary/aromatic N) is 2. The quantitative estimate of drug-likeness (QED) is 0.640. The first-order chi connectivity index (χ1) is 14.6. The van der Waals surface area contributed by atoms with Crippen LogP contribution in [0.3, 0.4) is 0 Å². The fourth-order valence-electron chi connectivity index (χ4n) is 3.36. The summed E-state index contributed by atoms with van der Waals surface area (Å²) in [5.74, 6) is -0.937. The summed E-state index contributed by atoms with van der Waals surface area (Å²) >= 11 is 0. The minimum Gasteiger partial charge on any atom is -0.452 e. The smallest absolute Gasteiger partial charge is 0.338 e. The van der Waals surface area contributed by atoms with Crippen LogP contribution in [0.5, 0.6) is 0 Å². The van der Waals surface area contributed by atoms with E-state index < -0.39 is 18.5 Å². The predicted octanol–water partition coefficient (Wildman–Crippen LogP) is 3.40. The van der Waals surface area contributed by atoms with Crippen molar-refractivity contribution in [3.8, 4) is 5.69 Å². The fourth-order valence-corrected chi connectivity index (χ4v) is 3.36. The van der Waals surface area contributed by atoms with Crippen molar-refractivity contribution in [3.63, 3.8) is 0 Å². The van der Waals surface area contributed by atoms with Crippen molar-refractivity contribution in [3.05, 3.63) is 78.6 Å². The van der Waals surface area contributed by atoms with Gasteiger partial charge in [-0.05, 0) is 61.0 Å². The van der Waals surface area contributed by atoms with Crippen LogP contribution in [-0.4, -0.2) is 35.5 Å². The van der Waals surface area contributed by atoms with Gasteiger partial charge in [-0.2, -0.15) is 0 Å². The van der Waals surface area contributed by atoms with Crippen LogP contribution in [0.1, 0.15) is 23.2 Å². The molecule has 2 aromatic carbocycles. The average Bonchev–Trinajstić information content (AvgIpc) is 3.44. The zero-order valence-corrected chi connectivity index (χ0v) is 16.3. The molecule has 3 aromatic rings. The Balaban J connectivity index is 1.31. The van der Waals surface area contributed by atoms with Crippen LogP contribution in [0.4, 0.5) is 11.4 Å². The maximum absolute atomic E-state index is 12.2. The van der Waals surface area contributed by atoms with E-state index in [-0.39, 0.29) is 5.91 Å². The number of hydrogen-bond acceptors (Lipinski definition) is 4.